The third kappa shape index (κ3) is 1.89. The highest BCUT2D eigenvalue weighted by atomic mass is 32.1. The molecule has 1 aliphatic rings. The van der Waals surface area contributed by atoms with Gasteiger partial charge in [0.1, 0.15) is 5.60 Å². The lowest BCUT2D eigenvalue weighted by Gasteiger charge is -2.37. The van der Waals surface area contributed by atoms with Crippen molar-refractivity contribution in [1.29, 1.82) is 0 Å². The Hall–Kier alpha value is -0.650. The second kappa shape index (κ2) is 3.84. The summed E-state index contributed by atoms with van der Waals surface area (Å²) in [7, 11) is 0. The fraction of sp³-hybridized carbons (Fsp3) is 0.667. The molecule has 0 radical (unpaired) electrons. The fourth-order valence-electron chi connectivity index (χ4n) is 1.78. The van der Waals surface area contributed by atoms with E-state index in [1.807, 2.05) is 10.3 Å². The monoisotopic (exact) mass is 214 g/mol. The lowest BCUT2D eigenvalue weighted by atomic mass is 9.94. The Labute approximate surface area is 86.8 Å². The number of hydrogen-bond acceptors (Lipinski definition) is 5. The van der Waals surface area contributed by atoms with E-state index in [-0.39, 0.29) is 6.61 Å². The van der Waals surface area contributed by atoms with Crippen molar-refractivity contribution < 1.29 is 10.2 Å². The first-order valence-corrected chi connectivity index (χ1v) is 5.59. The molecule has 1 aromatic heterocycles. The van der Waals surface area contributed by atoms with Crippen molar-refractivity contribution in [1.82, 2.24) is 4.98 Å². The summed E-state index contributed by atoms with van der Waals surface area (Å²) in [6.45, 7) is 1.22. The van der Waals surface area contributed by atoms with Gasteiger partial charge >= 0.3 is 0 Å². The van der Waals surface area contributed by atoms with E-state index in [1.54, 1.807) is 17.5 Å². The number of thiazole rings is 1. The molecular weight excluding hydrogens is 200 g/mol. The molecule has 0 saturated carbocycles. The molecule has 0 aliphatic carbocycles. The summed E-state index contributed by atoms with van der Waals surface area (Å²) in [6.07, 6.45) is 3.33. The van der Waals surface area contributed by atoms with Gasteiger partial charge in [-0.05, 0) is 12.8 Å². The fourth-order valence-corrected chi connectivity index (χ4v) is 2.45. The molecule has 2 N–H and O–H groups in total. The average molecular weight is 214 g/mol. The first-order valence-electron chi connectivity index (χ1n) is 4.71. The lowest BCUT2D eigenvalue weighted by Crippen LogP contribution is -2.50. The number of aliphatic hydroxyl groups is 2. The highest BCUT2D eigenvalue weighted by Crippen LogP contribution is 2.26. The van der Waals surface area contributed by atoms with Gasteiger partial charge in [0, 0.05) is 18.1 Å². The van der Waals surface area contributed by atoms with Gasteiger partial charge in [-0.1, -0.05) is 0 Å². The summed E-state index contributed by atoms with van der Waals surface area (Å²) in [4.78, 5) is 6.22. The highest BCUT2D eigenvalue weighted by Gasteiger charge is 2.33. The van der Waals surface area contributed by atoms with Crippen LogP contribution in [0.1, 0.15) is 12.8 Å². The second-order valence-electron chi connectivity index (χ2n) is 3.72. The van der Waals surface area contributed by atoms with Crippen molar-refractivity contribution in [2.24, 2.45) is 0 Å². The number of aliphatic hydroxyl groups excluding tert-OH is 1. The lowest BCUT2D eigenvalue weighted by molar-refractivity contribution is -0.0241. The number of β-amino-alcohol motifs (C(OH)–C–C–N with tert-alkyl or cyclic N) is 1. The zero-order valence-electron chi connectivity index (χ0n) is 7.89. The third-order valence-electron chi connectivity index (χ3n) is 2.54. The Morgan fingerprint density at radius 1 is 1.64 bits per heavy atom. The van der Waals surface area contributed by atoms with E-state index in [0.717, 1.165) is 18.1 Å². The van der Waals surface area contributed by atoms with Gasteiger partial charge in [-0.2, -0.15) is 0 Å². The SMILES string of the molecule is OCC1(O)CCCN(c2nccs2)C1. The van der Waals surface area contributed by atoms with Crippen molar-refractivity contribution in [3.63, 3.8) is 0 Å². The molecule has 5 heteroatoms. The Morgan fingerprint density at radius 2 is 2.50 bits per heavy atom. The molecule has 1 atom stereocenters. The predicted octanol–water partition coefficient (Wildman–Crippen LogP) is 0.467. The maximum atomic E-state index is 9.93. The molecule has 1 aromatic rings. The van der Waals surface area contributed by atoms with E-state index in [4.69, 9.17) is 5.11 Å². The van der Waals surface area contributed by atoms with E-state index in [9.17, 15) is 5.11 Å². The standard InChI is InChI=1S/C9H14N2O2S/c12-7-9(13)2-1-4-11(6-9)8-10-3-5-14-8/h3,5,12-13H,1-2,4,6-7H2. The summed E-state index contributed by atoms with van der Waals surface area (Å²) in [6, 6.07) is 0. The van der Waals surface area contributed by atoms with Crippen LogP contribution in [0, 0.1) is 0 Å². The van der Waals surface area contributed by atoms with Gasteiger partial charge < -0.3 is 15.1 Å². The first kappa shape index (κ1) is 9.89. The highest BCUT2D eigenvalue weighted by molar-refractivity contribution is 7.13. The van der Waals surface area contributed by atoms with E-state index in [1.165, 1.54) is 0 Å². The van der Waals surface area contributed by atoms with Crippen LogP contribution in [0.5, 0.6) is 0 Å². The van der Waals surface area contributed by atoms with Crippen molar-refractivity contribution in [3.8, 4) is 0 Å². The maximum Gasteiger partial charge on any atom is 0.185 e. The van der Waals surface area contributed by atoms with Crippen molar-refractivity contribution in [2.45, 2.75) is 18.4 Å². The van der Waals surface area contributed by atoms with Gasteiger partial charge in [0.2, 0.25) is 0 Å². The molecule has 2 heterocycles. The minimum absolute atomic E-state index is 0.172. The molecule has 0 bridgehead atoms. The van der Waals surface area contributed by atoms with Gasteiger partial charge in [-0.25, -0.2) is 4.98 Å². The van der Waals surface area contributed by atoms with Crippen LogP contribution in [0.25, 0.3) is 0 Å². The smallest absolute Gasteiger partial charge is 0.185 e. The van der Waals surface area contributed by atoms with Crippen LogP contribution in [-0.2, 0) is 0 Å². The largest absolute Gasteiger partial charge is 0.393 e. The quantitative estimate of drug-likeness (QED) is 0.751. The van der Waals surface area contributed by atoms with Gasteiger partial charge in [0.05, 0.1) is 13.2 Å². The Kier molecular flexibility index (Phi) is 2.71. The average Bonchev–Trinajstić information content (AvgIpc) is 2.71. The predicted molar refractivity (Wildman–Crippen MR) is 55.6 cm³/mol. The molecule has 0 amide bonds. The van der Waals surface area contributed by atoms with Crippen LogP contribution in [0.15, 0.2) is 11.6 Å². The molecule has 4 nitrogen and oxygen atoms in total. The topological polar surface area (TPSA) is 56.6 Å². The van der Waals surface area contributed by atoms with Gasteiger partial charge in [0.25, 0.3) is 0 Å². The number of piperidine rings is 1. The summed E-state index contributed by atoms with van der Waals surface area (Å²) in [5.74, 6) is 0. The molecule has 1 aliphatic heterocycles. The van der Waals surface area contributed by atoms with Crippen LogP contribution in [0.3, 0.4) is 0 Å². The number of rotatable bonds is 2. The molecule has 1 saturated heterocycles. The van der Waals surface area contributed by atoms with Crippen LogP contribution >= 0.6 is 11.3 Å². The molecule has 0 spiro atoms. The molecule has 1 fully saturated rings. The molecule has 2 rings (SSSR count). The van der Waals surface area contributed by atoms with Crippen LogP contribution < -0.4 is 4.90 Å². The zero-order chi connectivity index (χ0) is 10.0. The Morgan fingerprint density at radius 3 is 3.14 bits per heavy atom. The van der Waals surface area contributed by atoms with Crippen LogP contribution in [-0.4, -0.2) is 40.5 Å². The van der Waals surface area contributed by atoms with Crippen molar-refractivity contribution in [2.75, 3.05) is 24.6 Å². The Bertz CT molecular complexity index is 291. The minimum atomic E-state index is -0.941. The zero-order valence-corrected chi connectivity index (χ0v) is 8.70. The van der Waals surface area contributed by atoms with Crippen molar-refractivity contribution >= 4 is 16.5 Å². The molecule has 14 heavy (non-hydrogen) atoms. The molecule has 1 unspecified atom stereocenters. The van der Waals surface area contributed by atoms with Gasteiger partial charge in [-0.15, -0.1) is 11.3 Å². The Balaban J connectivity index is 2.08. The second-order valence-corrected chi connectivity index (χ2v) is 4.60. The van der Waals surface area contributed by atoms with Crippen LogP contribution in [0.4, 0.5) is 5.13 Å². The number of anilines is 1. The number of hydrogen-bond donors (Lipinski definition) is 2. The normalized spacial score (nSPS) is 28.0. The van der Waals surface area contributed by atoms with E-state index in [0.29, 0.717) is 13.0 Å². The molecular formula is C9H14N2O2S. The maximum absolute atomic E-state index is 9.93. The first-order chi connectivity index (χ1) is 6.73. The summed E-state index contributed by atoms with van der Waals surface area (Å²) < 4.78 is 0. The van der Waals surface area contributed by atoms with Crippen LogP contribution in [0.2, 0.25) is 0 Å². The molecule has 0 aromatic carbocycles. The third-order valence-corrected chi connectivity index (χ3v) is 3.37. The van der Waals surface area contributed by atoms with Crippen molar-refractivity contribution in [3.05, 3.63) is 11.6 Å². The minimum Gasteiger partial charge on any atom is -0.393 e. The number of nitrogens with zero attached hydrogens (tertiary/aromatic N) is 2. The van der Waals surface area contributed by atoms with E-state index >= 15 is 0 Å². The molecule has 78 valence electrons. The van der Waals surface area contributed by atoms with Gasteiger partial charge in [0.15, 0.2) is 5.13 Å². The summed E-state index contributed by atoms with van der Waals surface area (Å²) in [5, 5.41) is 21.9. The van der Waals surface area contributed by atoms with E-state index in [2.05, 4.69) is 4.98 Å². The number of aromatic nitrogens is 1. The summed E-state index contributed by atoms with van der Waals surface area (Å²) >= 11 is 1.56. The van der Waals surface area contributed by atoms with E-state index < -0.39 is 5.60 Å². The van der Waals surface area contributed by atoms with Gasteiger partial charge in [-0.3, -0.25) is 0 Å². The summed E-state index contributed by atoms with van der Waals surface area (Å²) in [5.41, 5.74) is -0.941.